The van der Waals surface area contributed by atoms with E-state index in [0.717, 1.165) is 48.3 Å². The maximum Gasteiger partial charge on any atom is 0.336 e. The van der Waals surface area contributed by atoms with E-state index < -0.39 is 0 Å². The van der Waals surface area contributed by atoms with Crippen molar-refractivity contribution in [3.63, 3.8) is 0 Å². The Kier molecular flexibility index (Phi) is 3.57. The highest BCUT2D eigenvalue weighted by Crippen LogP contribution is 2.29. The van der Waals surface area contributed by atoms with Gasteiger partial charge in [-0.05, 0) is 49.4 Å². The quantitative estimate of drug-likeness (QED) is 0.788. The number of aryl methyl sites for hydroxylation is 2. The largest absolute Gasteiger partial charge is 0.423 e. The molecule has 24 heavy (non-hydrogen) atoms. The fourth-order valence-electron chi connectivity index (χ4n) is 3.89. The number of nitrogens with one attached hydrogen (secondary N) is 2. The van der Waals surface area contributed by atoms with E-state index in [9.17, 15) is 9.59 Å². The number of hydrogen-bond acceptors (Lipinski definition) is 4. The maximum atomic E-state index is 12.7. The van der Waals surface area contributed by atoms with E-state index in [2.05, 4.69) is 10.6 Å². The van der Waals surface area contributed by atoms with Crippen LogP contribution in [0.15, 0.2) is 27.4 Å². The van der Waals surface area contributed by atoms with Crippen LogP contribution in [0.25, 0.3) is 11.0 Å². The summed E-state index contributed by atoms with van der Waals surface area (Å²) in [6.45, 7) is 6.46. The number of benzene rings is 1. The topological polar surface area (TPSA) is 74.6 Å². The Labute approximate surface area is 139 Å². The van der Waals surface area contributed by atoms with Gasteiger partial charge in [0, 0.05) is 42.8 Å². The van der Waals surface area contributed by atoms with Crippen LogP contribution in [0.4, 0.5) is 10.5 Å². The van der Waals surface area contributed by atoms with Gasteiger partial charge in [0.25, 0.3) is 0 Å². The van der Waals surface area contributed by atoms with Crippen molar-refractivity contribution in [2.45, 2.75) is 26.3 Å². The van der Waals surface area contributed by atoms with Gasteiger partial charge in [0.15, 0.2) is 0 Å². The van der Waals surface area contributed by atoms with Crippen molar-refractivity contribution in [1.82, 2.24) is 10.2 Å². The smallest absolute Gasteiger partial charge is 0.336 e. The van der Waals surface area contributed by atoms with Crippen LogP contribution < -0.4 is 16.3 Å². The van der Waals surface area contributed by atoms with Crippen LogP contribution in [0, 0.1) is 19.8 Å². The second-order valence-corrected chi connectivity index (χ2v) is 6.81. The van der Waals surface area contributed by atoms with Crippen LogP contribution >= 0.6 is 0 Å². The molecule has 1 aromatic carbocycles. The number of anilines is 1. The van der Waals surface area contributed by atoms with E-state index in [-0.39, 0.29) is 11.7 Å². The Bertz CT molecular complexity index is 874. The molecule has 3 heterocycles. The number of rotatable bonds is 1. The molecule has 2 aliphatic rings. The first-order valence-electron chi connectivity index (χ1n) is 8.36. The molecular weight excluding hydrogens is 306 g/mol. The average Bonchev–Trinajstić information content (AvgIpc) is 3.11. The highest BCUT2D eigenvalue weighted by Gasteiger charge is 2.39. The van der Waals surface area contributed by atoms with Gasteiger partial charge in [0.1, 0.15) is 5.58 Å². The third-order valence-electron chi connectivity index (χ3n) is 5.24. The van der Waals surface area contributed by atoms with Gasteiger partial charge in [-0.15, -0.1) is 0 Å². The lowest BCUT2D eigenvalue weighted by Crippen LogP contribution is -2.41. The summed E-state index contributed by atoms with van der Waals surface area (Å²) < 4.78 is 5.25. The summed E-state index contributed by atoms with van der Waals surface area (Å²) in [5.41, 5.74) is 2.69. The van der Waals surface area contributed by atoms with Crippen molar-refractivity contribution < 1.29 is 9.21 Å². The predicted octanol–water partition coefficient (Wildman–Crippen LogP) is 2.24. The molecule has 1 aromatic heterocycles. The summed E-state index contributed by atoms with van der Waals surface area (Å²) in [7, 11) is 0. The molecule has 0 radical (unpaired) electrons. The van der Waals surface area contributed by atoms with Gasteiger partial charge in [-0.2, -0.15) is 0 Å². The Morgan fingerprint density at radius 1 is 1.25 bits per heavy atom. The lowest BCUT2D eigenvalue weighted by atomic mass is 10.1. The van der Waals surface area contributed by atoms with Crippen LogP contribution in [0.3, 0.4) is 0 Å². The van der Waals surface area contributed by atoms with E-state index in [4.69, 9.17) is 4.42 Å². The third kappa shape index (κ3) is 2.47. The predicted molar refractivity (Wildman–Crippen MR) is 92.4 cm³/mol. The molecule has 0 bridgehead atoms. The zero-order valence-electron chi connectivity index (χ0n) is 13.9. The van der Waals surface area contributed by atoms with Crippen molar-refractivity contribution >= 4 is 22.7 Å². The number of likely N-dealkylation sites (tertiary alicyclic amines) is 1. The molecule has 126 valence electrons. The monoisotopic (exact) mass is 327 g/mol. The molecule has 2 saturated heterocycles. The standard InChI is InChI=1S/C18H21N3O3/c1-10-6-17(22)24-16-5-11(2)14(7-13(10)16)20-18(23)21-4-3-12-8-19-9-15(12)21/h5-7,12,15,19H,3-4,8-9H2,1-2H3,(H,20,23)/t12-,15+/m0/s1. The number of carbonyl (C=O) groups is 1. The third-order valence-corrected chi connectivity index (χ3v) is 5.24. The van der Waals surface area contributed by atoms with Gasteiger partial charge in [-0.1, -0.05) is 0 Å². The molecule has 2 atom stereocenters. The fraction of sp³-hybridized carbons (Fsp3) is 0.444. The van der Waals surface area contributed by atoms with E-state index in [0.29, 0.717) is 17.5 Å². The molecule has 4 rings (SSSR count). The van der Waals surface area contributed by atoms with Crippen LogP contribution in [-0.4, -0.2) is 36.6 Å². The number of urea groups is 1. The highest BCUT2D eigenvalue weighted by atomic mass is 16.4. The van der Waals surface area contributed by atoms with Gasteiger partial charge in [0.2, 0.25) is 0 Å². The summed E-state index contributed by atoms with van der Waals surface area (Å²) in [6, 6.07) is 5.41. The van der Waals surface area contributed by atoms with Crippen molar-refractivity contribution in [2.75, 3.05) is 25.0 Å². The molecule has 2 aliphatic heterocycles. The zero-order chi connectivity index (χ0) is 16.8. The van der Waals surface area contributed by atoms with Gasteiger partial charge in [0.05, 0.1) is 0 Å². The van der Waals surface area contributed by atoms with E-state index in [1.165, 1.54) is 6.07 Å². The van der Waals surface area contributed by atoms with Crippen molar-refractivity contribution in [3.8, 4) is 0 Å². The first-order chi connectivity index (χ1) is 11.5. The Morgan fingerprint density at radius 3 is 2.92 bits per heavy atom. The maximum absolute atomic E-state index is 12.7. The summed E-state index contributed by atoms with van der Waals surface area (Å²) in [5, 5.41) is 7.24. The van der Waals surface area contributed by atoms with Crippen LogP contribution in [0.2, 0.25) is 0 Å². The number of nitrogens with zero attached hydrogens (tertiary/aromatic N) is 1. The van der Waals surface area contributed by atoms with Crippen LogP contribution in [0.5, 0.6) is 0 Å². The molecule has 2 amide bonds. The Morgan fingerprint density at radius 2 is 2.08 bits per heavy atom. The number of fused-ring (bicyclic) bond motifs is 2. The van der Waals surface area contributed by atoms with Gasteiger partial charge in [-0.25, -0.2) is 9.59 Å². The summed E-state index contributed by atoms with van der Waals surface area (Å²) in [5.74, 6) is 0.574. The SMILES string of the molecule is Cc1cc2oc(=O)cc(C)c2cc1NC(=O)N1CC[C@H]2CNC[C@H]21. The molecule has 2 N–H and O–H groups in total. The van der Waals surface area contributed by atoms with E-state index >= 15 is 0 Å². The lowest BCUT2D eigenvalue weighted by Gasteiger charge is -2.24. The minimum atomic E-state index is -0.354. The van der Waals surface area contributed by atoms with Gasteiger partial charge >= 0.3 is 11.7 Å². The summed E-state index contributed by atoms with van der Waals surface area (Å²) >= 11 is 0. The van der Waals surface area contributed by atoms with Gasteiger partial charge < -0.3 is 20.0 Å². The van der Waals surface area contributed by atoms with E-state index in [1.54, 1.807) is 0 Å². The van der Waals surface area contributed by atoms with Crippen molar-refractivity contribution in [1.29, 1.82) is 0 Å². The first-order valence-corrected chi connectivity index (χ1v) is 8.36. The first kappa shape index (κ1) is 15.2. The average molecular weight is 327 g/mol. The number of hydrogen-bond donors (Lipinski definition) is 2. The highest BCUT2D eigenvalue weighted by molar-refractivity contribution is 5.94. The van der Waals surface area contributed by atoms with Crippen molar-refractivity contribution in [3.05, 3.63) is 39.7 Å². The molecule has 0 spiro atoms. The van der Waals surface area contributed by atoms with Crippen molar-refractivity contribution in [2.24, 2.45) is 5.92 Å². The molecule has 6 heteroatoms. The molecule has 2 aromatic rings. The van der Waals surface area contributed by atoms with Crippen LogP contribution in [0.1, 0.15) is 17.5 Å². The second-order valence-electron chi connectivity index (χ2n) is 6.81. The second kappa shape index (κ2) is 5.63. The zero-order valence-corrected chi connectivity index (χ0v) is 13.9. The summed E-state index contributed by atoms with van der Waals surface area (Å²) in [4.78, 5) is 26.1. The fourth-order valence-corrected chi connectivity index (χ4v) is 3.89. The Balaban J connectivity index is 1.63. The molecule has 0 saturated carbocycles. The number of amides is 2. The lowest BCUT2D eigenvalue weighted by molar-refractivity contribution is 0.206. The number of carbonyl (C=O) groups excluding carboxylic acids is 1. The molecular formula is C18H21N3O3. The normalized spacial score (nSPS) is 22.8. The molecule has 0 aliphatic carbocycles. The molecule has 6 nitrogen and oxygen atoms in total. The molecule has 2 fully saturated rings. The van der Waals surface area contributed by atoms with Crippen LogP contribution in [-0.2, 0) is 0 Å². The van der Waals surface area contributed by atoms with Gasteiger partial charge in [-0.3, -0.25) is 0 Å². The Hall–Kier alpha value is -2.34. The summed E-state index contributed by atoms with van der Waals surface area (Å²) in [6.07, 6.45) is 1.06. The minimum absolute atomic E-state index is 0.0521. The van der Waals surface area contributed by atoms with E-state index in [1.807, 2.05) is 30.9 Å². The molecule has 0 unspecified atom stereocenters. The minimum Gasteiger partial charge on any atom is -0.423 e.